The van der Waals surface area contributed by atoms with Gasteiger partial charge >= 0.3 is 25.5 Å². The summed E-state index contributed by atoms with van der Waals surface area (Å²) in [5.41, 5.74) is 4.35. The Bertz CT molecular complexity index is 1550. The fourth-order valence-corrected chi connectivity index (χ4v) is 8.76. The average molecular weight is 944 g/mol. The van der Waals surface area contributed by atoms with E-state index < -0.39 is 74.8 Å². The summed E-state index contributed by atoms with van der Waals surface area (Å²) >= 11 is 0. The number of aromatic nitrogens is 2. The Hall–Kier alpha value is -2.68. The van der Waals surface area contributed by atoms with Gasteiger partial charge in [0, 0.05) is 18.4 Å². The largest absolute Gasteiger partial charge is 0.472 e. The number of unbranched alkanes of at least 4 members (excludes halogenated alkanes) is 28. The van der Waals surface area contributed by atoms with E-state index in [9.17, 15) is 33.3 Å². The summed E-state index contributed by atoms with van der Waals surface area (Å²) in [4.78, 5) is 51.7. The molecule has 1 aromatic heterocycles. The van der Waals surface area contributed by atoms with E-state index >= 15 is 0 Å². The first-order valence-electron chi connectivity index (χ1n) is 25.4. The number of nitrogens with two attached hydrogens (primary N) is 1. The van der Waals surface area contributed by atoms with Crippen molar-refractivity contribution in [2.75, 3.05) is 25.6 Å². The van der Waals surface area contributed by atoms with Crippen molar-refractivity contribution in [3.05, 3.63) is 34.7 Å². The first kappa shape index (κ1) is 58.4. The molecule has 5 atom stereocenters. The van der Waals surface area contributed by atoms with Gasteiger partial charge in [0.05, 0.1) is 19.4 Å². The molecule has 376 valence electrons. The maximum Gasteiger partial charge on any atom is 0.472 e. The highest BCUT2D eigenvalue weighted by Crippen LogP contribution is 2.45. The molecule has 2 heterocycles. The van der Waals surface area contributed by atoms with Crippen molar-refractivity contribution >= 4 is 25.6 Å². The minimum absolute atomic E-state index is 0.0485. The van der Waals surface area contributed by atoms with E-state index in [1.54, 1.807) is 0 Å². The second-order valence-corrected chi connectivity index (χ2v) is 19.4. The van der Waals surface area contributed by atoms with Gasteiger partial charge in [0.1, 0.15) is 18.8 Å². The minimum Gasteiger partial charge on any atom is -0.462 e. The molecule has 2 rings (SSSR count). The predicted molar refractivity (Wildman–Crippen MR) is 254 cm³/mol. The Morgan fingerprint density at radius 3 is 1.60 bits per heavy atom. The number of nitrogens with zero attached hydrogens (tertiary/aromatic N) is 2. The van der Waals surface area contributed by atoms with Gasteiger partial charge in [-0.2, -0.15) is 4.98 Å². The van der Waals surface area contributed by atoms with Crippen LogP contribution in [-0.2, 0) is 37.4 Å². The Balaban J connectivity index is 1.76. The lowest BCUT2D eigenvalue weighted by Gasteiger charge is -2.21. The molecule has 16 heteroatoms. The molecule has 4 N–H and O–H groups in total. The van der Waals surface area contributed by atoms with Gasteiger partial charge in [-0.15, -0.1) is 0 Å². The lowest BCUT2D eigenvalue weighted by molar-refractivity contribution is -0.161. The number of phosphoric acid groups is 1. The Kier molecular flexibility index (Phi) is 32.7. The molecule has 0 aliphatic carbocycles. The van der Waals surface area contributed by atoms with Crippen LogP contribution in [-0.4, -0.2) is 69.6 Å². The van der Waals surface area contributed by atoms with E-state index in [0.29, 0.717) is 12.8 Å². The quantitative estimate of drug-likeness (QED) is 0.0242. The third kappa shape index (κ3) is 27.7. The normalized spacial score (nSPS) is 17.6. The third-order valence-corrected chi connectivity index (χ3v) is 13.0. The molecule has 0 aromatic carbocycles. The van der Waals surface area contributed by atoms with Crippen LogP contribution in [0.5, 0.6) is 0 Å². The topological polar surface area (TPSA) is 199 Å². The summed E-state index contributed by atoms with van der Waals surface area (Å²) in [6.07, 6.45) is 31.8. The first-order chi connectivity index (χ1) is 31.4. The number of hydrogen-bond acceptors (Lipinski definition) is 12. The number of rotatable bonds is 42. The van der Waals surface area contributed by atoms with Crippen molar-refractivity contribution in [2.24, 2.45) is 0 Å². The summed E-state index contributed by atoms with van der Waals surface area (Å²) in [5, 5.41) is 10.7. The summed E-state index contributed by atoms with van der Waals surface area (Å²) < 4.78 is 54.6. The molecule has 1 aliphatic rings. The minimum atomic E-state index is -4.86. The zero-order chi connectivity index (χ0) is 47.5. The lowest BCUT2D eigenvalue weighted by Crippen LogP contribution is -2.30. The van der Waals surface area contributed by atoms with Gasteiger partial charge in [0.2, 0.25) is 0 Å². The fourth-order valence-electron chi connectivity index (χ4n) is 8.00. The number of nitrogen functional groups attached to an aromatic ring is 1. The number of anilines is 1. The second-order valence-electron chi connectivity index (χ2n) is 18.0. The maximum absolute atomic E-state index is 14.1. The maximum atomic E-state index is 14.1. The lowest BCUT2D eigenvalue weighted by atomic mass is 10.0. The van der Waals surface area contributed by atoms with Crippen molar-refractivity contribution < 1.29 is 51.8 Å². The van der Waals surface area contributed by atoms with Crippen LogP contribution < -0.4 is 11.4 Å². The number of ether oxygens (including phenoxy) is 3. The van der Waals surface area contributed by atoms with Crippen molar-refractivity contribution in [3.63, 3.8) is 0 Å². The van der Waals surface area contributed by atoms with E-state index in [1.165, 1.54) is 141 Å². The molecule has 0 saturated carbocycles. The number of carbonyl (C=O) groups excluding carboxylic acids is 2. The average Bonchev–Trinajstić information content (AvgIpc) is 3.56. The molecule has 1 fully saturated rings. The number of esters is 2. The van der Waals surface area contributed by atoms with E-state index in [2.05, 4.69) is 25.4 Å². The summed E-state index contributed by atoms with van der Waals surface area (Å²) in [7, 11) is -4.86. The van der Waals surface area contributed by atoms with Crippen molar-refractivity contribution in [2.45, 2.75) is 244 Å². The number of aliphatic hydroxyl groups excluding tert-OH is 1. The van der Waals surface area contributed by atoms with Crippen LogP contribution in [0.4, 0.5) is 10.2 Å². The molecule has 0 radical (unpaired) electrons. The number of hydrogen-bond donors (Lipinski definition) is 3. The van der Waals surface area contributed by atoms with Crippen LogP contribution in [0.1, 0.15) is 226 Å². The molecule has 1 saturated heterocycles. The summed E-state index contributed by atoms with van der Waals surface area (Å²) in [6, 6.07) is 0. The van der Waals surface area contributed by atoms with Crippen LogP contribution >= 0.6 is 7.82 Å². The van der Waals surface area contributed by atoms with Gasteiger partial charge in [-0.3, -0.25) is 23.2 Å². The Morgan fingerprint density at radius 1 is 0.738 bits per heavy atom. The van der Waals surface area contributed by atoms with Crippen molar-refractivity contribution in [1.82, 2.24) is 9.55 Å². The molecule has 0 bridgehead atoms. The van der Waals surface area contributed by atoms with E-state index in [0.717, 1.165) is 49.3 Å². The molecule has 0 amide bonds. The second kappa shape index (κ2) is 36.4. The van der Waals surface area contributed by atoms with Crippen LogP contribution in [0, 0.1) is 5.82 Å². The van der Waals surface area contributed by atoms with Crippen LogP contribution in [0.3, 0.4) is 0 Å². The monoisotopic (exact) mass is 944 g/mol. The molecule has 1 aliphatic heterocycles. The van der Waals surface area contributed by atoms with Gasteiger partial charge in [0.15, 0.2) is 24.0 Å². The van der Waals surface area contributed by atoms with E-state index in [1.807, 2.05) is 0 Å². The van der Waals surface area contributed by atoms with Gasteiger partial charge in [-0.05, 0) is 12.8 Å². The first-order valence-corrected chi connectivity index (χ1v) is 26.9. The molecule has 14 nitrogen and oxygen atoms in total. The van der Waals surface area contributed by atoms with Gasteiger partial charge in [-0.25, -0.2) is 13.8 Å². The van der Waals surface area contributed by atoms with Gasteiger partial charge in [0.25, 0.3) is 0 Å². The number of carbonyl (C=O) groups is 2. The summed E-state index contributed by atoms with van der Waals surface area (Å²) in [6.45, 7) is 6.49. The highest BCUT2D eigenvalue weighted by molar-refractivity contribution is 7.47. The van der Waals surface area contributed by atoms with Gasteiger partial charge in [-0.1, -0.05) is 200 Å². The van der Waals surface area contributed by atoms with E-state index in [4.69, 9.17) is 29.0 Å². The molecule has 1 unspecified atom stereocenters. The Morgan fingerprint density at radius 2 is 1.15 bits per heavy atom. The molecule has 1 aromatic rings. The van der Waals surface area contributed by atoms with Crippen molar-refractivity contribution in [3.8, 4) is 0 Å². The molecule has 65 heavy (non-hydrogen) atoms. The Labute approximate surface area is 390 Å². The fraction of sp³-hybridized carbons (Fsp3) is 0.837. The number of aliphatic hydroxyl groups is 1. The summed E-state index contributed by atoms with van der Waals surface area (Å²) in [5.74, 6) is -2.62. The zero-order valence-electron chi connectivity index (χ0n) is 40.2. The van der Waals surface area contributed by atoms with Crippen LogP contribution in [0.2, 0.25) is 0 Å². The molecular formula is C49H87FN3O11P. The highest BCUT2D eigenvalue weighted by atomic mass is 31.2. The van der Waals surface area contributed by atoms with E-state index in [-0.39, 0.29) is 25.0 Å². The number of halogens is 1. The SMILES string of the molecule is C=C1[C@H](n2cc(F)c(N)nc2=O)O[C@H](COP(=O)(O)OC[C@@H](COC(=O)CCCCCCCCCCCCCCCCC)OC(=O)CCCCCCCCCCCCCCCCC)[C@H]1O. The zero-order valence-corrected chi connectivity index (χ0v) is 41.1. The highest BCUT2D eigenvalue weighted by Gasteiger charge is 2.41. The van der Waals surface area contributed by atoms with Crippen LogP contribution in [0.15, 0.2) is 23.1 Å². The number of phosphoric ester groups is 1. The molecule has 0 spiro atoms. The van der Waals surface area contributed by atoms with Gasteiger partial charge < -0.3 is 29.9 Å². The third-order valence-electron chi connectivity index (χ3n) is 12.1. The van der Waals surface area contributed by atoms with Crippen LogP contribution in [0.25, 0.3) is 0 Å². The van der Waals surface area contributed by atoms with Crippen molar-refractivity contribution in [1.29, 1.82) is 0 Å². The standard InChI is InChI=1S/C49H87FN3O11P/c1-4-6-8-10-12-14-16-18-20-22-24-26-28-30-32-34-44(54)60-37-41(63-45(55)35-33-31-29-27-25-23-21-19-17-15-13-11-9-7-5-2)38-61-65(58,59)62-39-43-46(56)40(3)48(64-43)53-36-42(50)47(51)52-49(53)57/h36,41,43,46,48,56H,3-35,37-39H2,1-2H3,(H,58,59)(H2,51,52,57)/t41-,43-,46+,48-/m1/s1. The predicted octanol–water partition coefficient (Wildman–Crippen LogP) is 11.9. The molecular weight excluding hydrogens is 857 g/mol. The smallest absolute Gasteiger partial charge is 0.462 e.